The summed E-state index contributed by atoms with van der Waals surface area (Å²) in [6, 6.07) is 1.54. The van der Waals surface area contributed by atoms with Gasteiger partial charge in [-0.05, 0) is 19.5 Å². The topological polar surface area (TPSA) is 97.1 Å². The van der Waals surface area contributed by atoms with Gasteiger partial charge in [-0.25, -0.2) is 18.1 Å². The number of fused-ring (bicyclic) bond motifs is 1. The fourth-order valence-corrected chi connectivity index (χ4v) is 2.66. The van der Waals surface area contributed by atoms with Gasteiger partial charge in [0.05, 0.1) is 17.3 Å². The normalized spacial score (nSPS) is 11.5. The van der Waals surface area contributed by atoms with Gasteiger partial charge in [-0.3, -0.25) is 0 Å². The highest BCUT2D eigenvalue weighted by Crippen LogP contribution is 2.20. The minimum atomic E-state index is -3.55. The van der Waals surface area contributed by atoms with Gasteiger partial charge in [-0.15, -0.1) is 12.4 Å². The first-order valence-electron chi connectivity index (χ1n) is 5.97. The van der Waals surface area contributed by atoms with E-state index < -0.39 is 10.0 Å². The number of pyridine rings is 1. The van der Waals surface area contributed by atoms with E-state index in [1.165, 1.54) is 6.20 Å². The molecule has 2 N–H and O–H groups in total. The molecule has 0 aliphatic carbocycles. The summed E-state index contributed by atoms with van der Waals surface area (Å²) in [5.41, 5.74) is 1.06. The van der Waals surface area contributed by atoms with Gasteiger partial charge in [-0.1, -0.05) is 12.1 Å². The summed E-state index contributed by atoms with van der Waals surface area (Å²) >= 11 is 0. The van der Waals surface area contributed by atoms with Gasteiger partial charge in [0, 0.05) is 13.1 Å². The molecule has 2 rings (SSSR count). The summed E-state index contributed by atoms with van der Waals surface area (Å²) < 4.78 is 31.6. The van der Waals surface area contributed by atoms with Gasteiger partial charge in [0.25, 0.3) is 5.71 Å². The van der Waals surface area contributed by atoms with Crippen LogP contribution < -0.4 is 10.0 Å². The number of aryl methyl sites for hydroxylation is 1. The smallest absolute Gasteiger partial charge is 0.258 e. The zero-order chi connectivity index (χ0) is 13.9. The SMILES string of the molecule is CCc1noc2ncc(S(=O)(=O)NCCNC)cc12.Cl. The molecular weight excluding hydrogens is 304 g/mol. The molecule has 0 spiro atoms. The van der Waals surface area contributed by atoms with Crippen molar-refractivity contribution in [3.05, 3.63) is 18.0 Å². The summed E-state index contributed by atoms with van der Waals surface area (Å²) in [5, 5.41) is 7.36. The van der Waals surface area contributed by atoms with Crippen LogP contribution in [0.5, 0.6) is 0 Å². The van der Waals surface area contributed by atoms with E-state index in [0.717, 1.165) is 0 Å². The van der Waals surface area contributed by atoms with Crippen LogP contribution in [-0.2, 0) is 16.4 Å². The predicted molar refractivity (Wildman–Crippen MR) is 77.5 cm³/mol. The molecule has 0 saturated heterocycles. The largest absolute Gasteiger partial charge is 0.336 e. The fourth-order valence-electron chi connectivity index (χ4n) is 1.66. The Morgan fingerprint density at radius 1 is 1.35 bits per heavy atom. The summed E-state index contributed by atoms with van der Waals surface area (Å²) in [5.74, 6) is 0. The molecule has 0 unspecified atom stereocenters. The van der Waals surface area contributed by atoms with Crippen molar-refractivity contribution in [1.82, 2.24) is 20.2 Å². The standard InChI is InChI=1S/C11H16N4O3S.ClH/c1-3-10-9-6-8(7-13-11(9)18-15-10)19(16,17)14-5-4-12-2;/h6-7,12,14H,3-5H2,1-2H3;1H. The van der Waals surface area contributed by atoms with Crippen molar-refractivity contribution in [2.45, 2.75) is 18.2 Å². The van der Waals surface area contributed by atoms with E-state index in [2.05, 4.69) is 20.2 Å². The maximum atomic E-state index is 12.0. The summed E-state index contributed by atoms with van der Waals surface area (Å²) in [6.45, 7) is 2.80. The Morgan fingerprint density at radius 3 is 2.75 bits per heavy atom. The molecule has 2 aromatic rings. The number of likely N-dealkylation sites (N-methyl/N-ethyl adjacent to an activating group) is 1. The highest BCUT2D eigenvalue weighted by molar-refractivity contribution is 7.89. The number of aromatic nitrogens is 2. The van der Waals surface area contributed by atoms with Gasteiger partial charge >= 0.3 is 0 Å². The number of nitrogens with zero attached hydrogens (tertiary/aromatic N) is 2. The van der Waals surface area contributed by atoms with Crippen LogP contribution in [0.2, 0.25) is 0 Å². The van der Waals surface area contributed by atoms with Gasteiger partial charge in [0.15, 0.2) is 0 Å². The average Bonchev–Trinajstić information content (AvgIpc) is 2.81. The molecule has 0 atom stereocenters. The molecule has 0 fully saturated rings. The second kappa shape index (κ2) is 6.98. The van der Waals surface area contributed by atoms with Crippen molar-refractivity contribution in [1.29, 1.82) is 0 Å². The highest BCUT2D eigenvalue weighted by Gasteiger charge is 2.17. The van der Waals surface area contributed by atoms with Crippen LogP contribution in [0.3, 0.4) is 0 Å². The zero-order valence-electron chi connectivity index (χ0n) is 11.2. The average molecular weight is 321 g/mol. The third-order valence-corrected chi connectivity index (χ3v) is 4.12. The Hall–Kier alpha value is -1.22. The Labute approximate surface area is 123 Å². The van der Waals surface area contributed by atoms with Crippen molar-refractivity contribution < 1.29 is 12.9 Å². The lowest BCUT2D eigenvalue weighted by molar-refractivity contribution is 0.439. The molecule has 2 heterocycles. The highest BCUT2D eigenvalue weighted by atomic mass is 35.5. The zero-order valence-corrected chi connectivity index (χ0v) is 12.8. The van der Waals surface area contributed by atoms with Crippen LogP contribution in [-0.4, -0.2) is 38.7 Å². The first-order valence-corrected chi connectivity index (χ1v) is 7.45. The van der Waals surface area contributed by atoms with Crippen molar-refractivity contribution in [2.24, 2.45) is 0 Å². The Morgan fingerprint density at radius 2 is 2.10 bits per heavy atom. The van der Waals surface area contributed by atoms with Crippen LogP contribution in [0.25, 0.3) is 11.1 Å². The molecule has 0 aliphatic heterocycles. The molecule has 9 heteroatoms. The monoisotopic (exact) mass is 320 g/mol. The van der Waals surface area contributed by atoms with Crippen molar-refractivity contribution >= 4 is 33.5 Å². The van der Waals surface area contributed by atoms with Crippen molar-refractivity contribution in [3.63, 3.8) is 0 Å². The third-order valence-electron chi connectivity index (χ3n) is 2.69. The molecule has 20 heavy (non-hydrogen) atoms. The van der Waals surface area contributed by atoms with Gasteiger partial charge in [0.1, 0.15) is 4.90 Å². The minimum Gasteiger partial charge on any atom is -0.336 e. The first kappa shape index (κ1) is 16.8. The van der Waals surface area contributed by atoms with Crippen LogP contribution in [0.15, 0.2) is 21.7 Å². The van der Waals surface area contributed by atoms with Crippen LogP contribution in [0.1, 0.15) is 12.6 Å². The molecule has 0 bridgehead atoms. The van der Waals surface area contributed by atoms with E-state index in [0.29, 0.717) is 36.3 Å². The van der Waals surface area contributed by atoms with Crippen LogP contribution in [0, 0.1) is 0 Å². The summed E-state index contributed by atoms with van der Waals surface area (Å²) in [7, 11) is -1.79. The first-order chi connectivity index (χ1) is 9.08. The molecule has 2 aromatic heterocycles. The number of sulfonamides is 1. The summed E-state index contributed by atoms with van der Waals surface area (Å²) in [4.78, 5) is 4.10. The third kappa shape index (κ3) is 3.45. The lowest BCUT2D eigenvalue weighted by atomic mass is 10.2. The number of hydrogen-bond donors (Lipinski definition) is 2. The minimum absolute atomic E-state index is 0. The van der Waals surface area contributed by atoms with E-state index in [1.54, 1.807) is 13.1 Å². The fraction of sp³-hybridized carbons (Fsp3) is 0.455. The van der Waals surface area contributed by atoms with Crippen molar-refractivity contribution in [3.8, 4) is 0 Å². The summed E-state index contributed by atoms with van der Waals surface area (Å²) in [6.07, 6.45) is 1.93. The molecule has 7 nitrogen and oxygen atoms in total. The number of rotatable bonds is 6. The Balaban J connectivity index is 0.00000200. The molecule has 0 saturated carbocycles. The second-order valence-corrected chi connectivity index (χ2v) is 5.77. The van der Waals surface area contributed by atoms with Gasteiger partial charge < -0.3 is 9.84 Å². The van der Waals surface area contributed by atoms with Crippen molar-refractivity contribution in [2.75, 3.05) is 20.1 Å². The lowest BCUT2D eigenvalue weighted by Crippen LogP contribution is -2.30. The van der Waals surface area contributed by atoms with Gasteiger partial charge in [0.2, 0.25) is 10.0 Å². The molecule has 112 valence electrons. The van der Waals surface area contributed by atoms with E-state index in [4.69, 9.17) is 4.52 Å². The Kier molecular flexibility index (Phi) is 5.88. The number of halogens is 1. The number of hydrogen-bond acceptors (Lipinski definition) is 6. The predicted octanol–water partition coefficient (Wildman–Crippen LogP) is 0.705. The molecule has 0 amide bonds. The quantitative estimate of drug-likeness (QED) is 0.761. The Bertz CT molecular complexity index is 671. The van der Waals surface area contributed by atoms with Crippen LogP contribution in [0.4, 0.5) is 0 Å². The lowest BCUT2D eigenvalue weighted by Gasteiger charge is -2.05. The van der Waals surface area contributed by atoms with Crippen LogP contribution >= 0.6 is 12.4 Å². The molecule has 0 aliphatic rings. The van der Waals surface area contributed by atoms with E-state index in [-0.39, 0.29) is 17.3 Å². The van der Waals surface area contributed by atoms with E-state index >= 15 is 0 Å². The maximum Gasteiger partial charge on any atom is 0.258 e. The van der Waals surface area contributed by atoms with E-state index in [1.807, 2.05) is 6.92 Å². The second-order valence-electron chi connectivity index (χ2n) is 4.01. The number of nitrogens with one attached hydrogen (secondary N) is 2. The van der Waals surface area contributed by atoms with E-state index in [9.17, 15) is 8.42 Å². The maximum absolute atomic E-state index is 12.0. The van der Waals surface area contributed by atoms with Gasteiger partial charge in [-0.2, -0.15) is 0 Å². The molecule has 0 radical (unpaired) electrons. The molecular formula is C11H17ClN4O3S. The molecule has 0 aromatic carbocycles.